The number of nitrogens with one attached hydrogen (secondary N) is 2. The molecule has 12 nitrogen and oxygen atoms in total. The Bertz CT molecular complexity index is 916. The maximum absolute atomic E-state index is 13.1. The normalized spacial score (nSPS) is 26.3. The fourth-order valence-electron chi connectivity index (χ4n) is 6.70. The predicted octanol–water partition coefficient (Wildman–Crippen LogP) is 2.09. The second-order valence-corrected chi connectivity index (χ2v) is 11.7. The Kier molecular flexibility index (Phi) is 9.90. The van der Waals surface area contributed by atoms with Gasteiger partial charge in [0.2, 0.25) is 5.91 Å². The molecule has 4 fully saturated rings. The Morgan fingerprint density at radius 1 is 0.897 bits per heavy atom. The molecule has 2 unspecified atom stereocenters. The zero-order valence-corrected chi connectivity index (χ0v) is 23.0. The van der Waals surface area contributed by atoms with Gasteiger partial charge in [-0.1, -0.05) is 44.9 Å². The number of imide groups is 1. The summed E-state index contributed by atoms with van der Waals surface area (Å²) in [5.74, 6) is -1.53. The lowest BCUT2D eigenvalue weighted by Crippen LogP contribution is -2.70. The molecule has 5 N–H and O–H groups in total. The van der Waals surface area contributed by atoms with Crippen molar-refractivity contribution in [3.63, 3.8) is 0 Å². The molecular weight excluding hydrogens is 502 g/mol. The van der Waals surface area contributed by atoms with Crippen molar-refractivity contribution < 1.29 is 24.3 Å². The van der Waals surface area contributed by atoms with E-state index in [1.807, 2.05) is 0 Å². The van der Waals surface area contributed by atoms with Crippen molar-refractivity contribution in [3.05, 3.63) is 0 Å². The van der Waals surface area contributed by atoms with Crippen LogP contribution in [0.3, 0.4) is 0 Å². The van der Waals surface area contributed by atoms with Gasteiger partial charge in [-0.2, -0.15) is 0 Å². The lowest BCUT2D eigenvalue weighted by molar-refractivity contribution is -0.167. The summed E-state index contributed by atoms with van der Waals surface area (Å²) in [6, 6.07) is -1.93. The van der Waals surface area contributed by atoms with Gasteiger partial charge in [-0.25, -0.2) is 19.3 Å². The van der Waals surface area contributed by atoms with Crippen molar-refractivity contribution in [2.75, 3.05) is 45.8 Å². The third-order valence-corrected chi connectivity index (χ3v) is 9.00. The molecule has 1 aliphatic carbocycles. The number of nitrogens with zero attached hydrogens (tertiary/aromatic N) is 4. The molecule has 0 bridgehead atoms. The molecular formula is C27H45N7O5. The standard InChI is InChI=1S/C27H45N7O5/c28-25(29)33-12-6-10-20(18-33)17-21-22(24(36)37)34(23(21)35)27(39)32-15-13-31(14-16-32)26(38)30-11-5-4-9-19-7-2-1-3-8-19/h19-22H,1-18H2,(H3,28,29)(H,30,38)(H,36,37)/t20?,21-,22?/m1/s1. The Morgan fingerprint density at radius 2 is 1.56 bits per heavy atom. The summed E-state index contributed by atoms with van der Waals surface area (Å²) in [7, 11) is 0. The van der Waals surface area contributed by atoms with Crippen LogP contribution in [0.2, 0.25) is 0 Å². The molecule has 3 aliphatic heterocycles. The van der Waals surface area contributed by atoms with Gasteiger partial charge in [-0.15, -0.1) is 0 Å². The monoisotopic (exact) mass is 547 g/mol. The summed E-state index contributed by atoms with van der Waals surface area (Å²) in [6.07, 6.45) is 12.1. The third-order valence-electron chi connectivity index (χ3n) is 9.00. The molecule has 4 rings (SSSR count). The number of piperidine rings is 1. The van der Waals surface area contributed by atoms with Crippen LogP contribution in [0.1, 0.15) is 70.6 Å². The first kappa shape index (κ1) is 28.9. The van der Waals surface area contributed by atoms with E-state index in [1.165, 1.54) is 43.4 Å². The van der Waals surface area contributed by atoms with Crippen LogP contribution in [0, 0.1) is 23.2 Å². The number of guanidine groups is 1. The van der Waals surface area contributed by atoms with Crippen LogP contribution in [0.5, 0.6) is 0 Å². The van der Waals surface area contributed by atoms with Crippen LogP contribution >= 0.6 is 0 Å². The van der Waals surface area contributed by atoms with E-state index in [9.17, 15) is 24.3 Å². The molecule has 1 saturated carbocycles. The van der Waals surface area contributed by atoms with Crippen LogP contribution in [-0.2, 0) is 9.59 Å². The molecule has 0 aromatic carbocycles. The molecule has 0 radical (unpaired) electrons. The topological polar surface area (TPSA) is 163 Å². The number of carboxylic acids is 1. The van der Waals surface area contributed by atoms with E-state index in [0.29, 0.717) is 39.1 Å². The van der Waals surface area contributed by atoms with Gasteiger partial charge in [0.25, 0.3) is 0 Å². The van der Waals surface area contributed by atoms with Gasteiger partial charge < -0.3 is 30.9 Å². The summed E-state index contributed by atoms with van der Waals surface area (Å²) in [5.41, 5.74) is 5.61. The van der Waals surface area contributed by atoms with Crippen molar-refractivity contribution in [2.24, 2.45) is 23.5 Å². The number of carboxylic acid groups (broad SMARTS) is 1. The Labute approximate surface area is 230 Å². The first-order valence-electron chi connectivity index (χ1n) is 14.7. The number of rotatable bonds is 8. The summed E-state index contributed by atoms with van der Waals surface area (Å²) >= 11 is 0. The summed E-state index contributed by atoms with van der Waals surface area (Å²) in [6.45, 7) is 3.03. The van der Waals surface area contributed by atoms with Crippen molar-refractivity contribution in [1.82, 2.24) is 24.9 Å². The van der Waals surface area contributed by atoms with Crippen LogP contribution < -0.4 is 11.1 Å². The van der Waals surface area contributed by atoms with E-state index in [2.05, 4.69) is 5.32 Å². The van der Waals surface area contributed by atoms with Gasteiger partial charge >= 0.3 is 18.0 Å². The highest BCUT2D eigenvalue weighted by molar-refractivity contribution is 6.07. The van der Waals surface area contributed by atoms with Gasteiger partial charge in [-0.3, -0.25) is 10.2 Å². The van der Waals surface area contributed by atoms with Gasteiger partial charge in [0, 0.05) is 45.8 Å². The zero-order valence-electron chi connectivity index (χ0n) is 23.0. The molecule has 0 spiro atoms. The summed E-state index contributed by atoms with van der Waals surface area (Å²) < 4.78 is 0. The highest BCUT2D eigenvalue weighted by Gasteiger charge is 2.56. The van der Waals surface area contributed by atoms with E-state index >= 15 is 0 Å². The molecule has 3 atom stereocenters. The van der Waals surface area contributed by atoms with Crippen molar-refractivity contribution in [3.8, 4) is 0 Å². The van der Waals surface area contributed by atoms with Crippen LogP contribution in [0.25, 0.3) is 0 Å². The quantitative estimate of drug-likeness (QED) is 0.156. The first-order valence-corrected chi connectivity index (χ1v) is 14.7. The average Bonchev–Trinajstić information content (AvgIpc) is 2.94. The maximum Gasteiger partial charge on any atom is 0.327 e. The highest BCUT2D eigenvalue weighted by Crippen LogP contribution is 2.36. The summed E-state index contributed by atoms with van der Waals surface area (Å²) in [4.78, 5) is 56.5. The van der Waals surface area contributed by atoms with E-state index in [0.717, 1.165) is 36.5 Å². The minimum Gasteiger partial charge on any atom is -0.480 e. The second kappa shape index (κ2) is 13.3. The average molecular weight is 548 g/mol. The molecule has 3 saturated heterocycles. The smallest absolute Gasteiger partial charge is 0.327 e. The van der Waals surface area contributed by atoms with Gasteiger partial charge in [0.1, 0.15) is 0 Å². The number of hydrogen-bond donors (Lipinski definition) is 4. The predicted molar refractivity (Wildman–Crippen MR) is 145 cm³/mol. The highest BCUT2D eigenvalue weighted by atomic mass is 16.4. The van der Waals surface area contributed by atoms with Crippen molar-refractivity contribution in [2.45, 2.75) is 76.7 Å². The van der Waals surface area contributed by atoms with Gasteiger partial charge in [0.15, 0.2) is 12.0 Å². The number of carbonyl (C=O) groups is 4. The SMILES string of the molecule is N=C(N)N1CCCC(C[C@H]2C(=O)N(C(=O)N3CCN(C(=O)NCCCCC4CCCCC4)CC3)C2C(=O)O)C1. The molecule has 218 valence electrons. The number of aliphatic carboxylic acids is 1. The molecule has 39 heavy (non-hydrogen) atoms. The minimum atomic E-state index is -1.19. The molecule has 3 heterocycles. The fraction of sp³-hybridized carbons (Fsp3) is 0.815. The number of hydrogen-bond acceptors (Lipinski definition) is 5. The number of piperazine rings is 1. The molecule has 5 amide bonds. The van der Waals surface area contributed by atoms with Crippen LogP contribution in [0.4, 0.5) is 9.59 Å². The molecule has 0 aromatic heterocycles. The fourth-order valence-corrected chi connectivity index (χ4v) is 6.70. The molecule has 0 aromatic rings. The van der Waals surface area contributed by atoms with E-state index in [4.69, 9.17) is 11.1 Å². The third kappa shape index (κ3) is 7.13. The van der Waals surface area contributed by atoms with Crippen LogP contribution in [0.15, 0.2) is 0 Å². The molecule has 4 aliphatic rings. The largest absolute Gasteiger partial charge is 0.480 e. The van der Waals surface area contributed by atoms with Crippen LogP contribution in [-0.4, -0.2) is 106 Å². The lowest BCUT2D eigenvalue weighted by Gasteiger charge is -2.47. The Balaban J connectivity index is 1.19. The van der Waals surface area contributed by atoms with Gasteiger partial charge in [0.05, 0.1) is 5.92 Å². The van der Waals surface area contributed by atoms with E-state index in [-0.39, 0.29) is 31.0 Å². The number of urea groups is 2. The van der Waals surface area contributed by atoms with E-state index in [1.54, 1.807) is 9.80 Å². The number of unbranched alkanes of at least 4 members (excludes halogenated alkanes) is 1. The van der Waals surface area contributed by atoms with Gasteiger partial charge in [-0.05, 0) is 37.5 Å². The number of likely N-dealkylation sites (tertiary alicyclic amines) is 2. The van der Waals surface area contributed by atoms with Crippen molar-refractivity contribution in [1.29, 1.82) is 5.41 Å². The van der Waals surface area contributed by atoms with E-state index < -0.39 is 29.9 Å². The minimum absolute atomic E-state index is 0.0197. The number of amides is 5. The number of carbonyl (C=O) groups excluding carboxylic acids is 3. The second-order valence-electron chi connectivity index (χ2n) is 11.7. The lowest BCUT2D eigenvalue weighted by atomic mass is 9.78. The Hall–Kier alpha value is -3.05. The number of nitrogens with two attached hydrogens (primary N) is 1. The number of β-lactam (4-membered cyclic amide) rings is 1. The summed E-state index contributed by atoms with van der Waals surface area (Å²) in [5, 5.41) is 20.5. The zero-order chi connectivity index (χ0) is 27.9. The Morgan fingerprint density at radius 3 is 2.23 bits per heavy atom. The molecule has 12 heteroatoms. The first-order chi connectivity index (χ1) is 18.8. The maximum atomic E-state index is 13.1. The van der Waals surface area contributed by atoms with Crippen molar-refractivity contribution >= 4 is 29.9 Å².